The number of hydrogen-bond donors (Lipinski definition) is 1. The van der Waals surface area contributed by atoms with Gasteiger partial charge in [0.25, 0.3) is 0 Å². The third-order valence-electron chi connectivity index (χ3n) is 3.80. The van der Waals surface area contributed by atoms with Crippen molar-refractivity contribution in [1.29, 1.82) is 0 Å². The van der Waals surface area contributed by atoms with Gasteiger partial charge in [0.2, 0.25) is 11.8 Å². The van der Waals surface area contributed by atoms with E-state index in [1.54, 1.807) is 12.1 Å². The second-order valence-corrected chi connectivity index (χ2v) is 6.02. The van der Waals surface area contributed by atoms with Crippen molar-refractivity contribution in [3.05, 3.63) is 33.8 Å². The zero-order chi connectivity index (χ0) is 15.6. The van der Waals surface area contributed by atoms with Gasteiger partial charge in [-0.25, -0.2) is 0 Å². The van der Waals surface area contributed by atoms with Gasteiger partial charge in [0, 0.05) is 29.6 Å². The van der Waals surface area contributed by atoms with Crippen LogP contribution in [0.3, 0.4) is 0 Å². The summed E-state index contributed by atoms with van der Waals surface area (Å²) in [6.07, 6.45) is 1.68. The highest BCUT2D eigenvalue weighted by atomic mass is 35.5. The molecule has 0 saturated carbocycles. The van der Waals surface area contributed by atoms with E-state index in [4.69, 9.17) is 23.2 Å². The van der Waals surface area contributed by atoms with Gasteiger partial charge in [-0.3, -0.25) is 19.8 Å². The quantitative estimate of drug-likeness (QED) is 0.863. The van der Waals surface area contributed by atoms with Gasteiger partial charge < -0.3 is 0 Å². The van der Waals surface area contributed by atoms with Gasteiger partial charge in [-0.1, -0.05) is 36.2 Å². The summed E-state index contributed by atoms with van der Waals surface area (Å²) in [5.41, 5.74) is 0.913. The number of benzene rings is 1. The Bertz CT molecular complexity index is 563. The zero-order valence-corrected chi connectivity index (χ0v) is 13.5. The Labute approximate surface area is 134 Å². The number of halogens is 2. The molecule has 4 nitrogen and oxygen atoms in total. The van der Waals surface area contributed by atoms with Crippen LogP contribution in [0.25, 0.3) is 0 Å². The van der Waals surface area contributed by atoms with Crippen molar-refractivity contribution in [2.24, 2.45) is 0 Å². The van der Waals surface area contributed by atoms with Crippen LogP contribution in [-0.2, 0) is 9.59 Å². The molecule has 1 aromatic rings. The Balaban J connectivity index is 2.16. The van der Waals surface area contributed by atoms with E-state index in [0.29, 0.717) is 22.9 Å². The van der Waals surface area contributed by atoms with Crippen LogP contribution in [0.5, 0.6) is 0 Å². The van der Waals surface area contributed by atoms with Crippen molar-refractivity contribution < 1.29 is 9.59 Å². The summed E-state index contributed by atoms with van der Waals surface area (Å²) in [6.45, 7) is 2.02. The molecule has 114 valence electrons. The van der Waals surface area contributed by atoms with E-state index in [1.807, 2.05) is 13.0 Å². The van der Waals surface area contributed by atoms with Gasteiger partial charge >= 0.3 is 0 Å². The van der Waals surface area contributed by atoms with Crippen LogP contribution in [0.15, 0.2) is 18.2 Å². The first-order valence-corrected chi connectivity index (χ1v) is 7.71. The maximum absolute atomic E-state index is 12.1. The largest absolute Gasteiger partial charge is 0.299 e. The molecule has 2 atom stereocenters. The summed E-state index contributed by atoms with van der Waals surface area (Å²) in [7, 11) is 1.52. The summed E-state index contributed by atoms with van der Waals surface area (Å²) in [5, 5.41) is 4.47. The Morgan fingerprint density at radius 1 is 1.38 bits per heavy atom. The molecule has 1 fully saturated rings. The SMILES string of the molecule is CCC(NC1CCC(=O)N(C)C1=O)c1ccc(Cl)cc1Cl. The smallest absolute Gasteiger partial charge is 0.246 e. The average Bonchev–Trinajstić information content (AvgIpc) is 2.45. The van der Waals surface area contributed by atoms with Gasteiger partial charge in [0.15, 0.2) is 0 Å². The zero-order valence-electron chi connectivity index (χ0n) is 12.0. The number of piperidine rings is 1. The van der Waals surface area contributed by atoms with E-state index in [0.717, 1.165) is 12.0 Å². The molecule has 0 aromatic heterocycles. The van der Waals surface area contributed by atoms with Gasteiger partial charge in [-0.05, 0) is 30.5 Å². The highest BCUT2D eigenvalue weighted by molar-refractivity contribution is 6.35. The molecule has 2 unspecified atom stereocenters. The molecule has 0 spiro atoms. The number of rotatable bonds is 4. The Hall–Kier alpha value is -1.10. The van der Waals surface area contributed by atoms with Crippen molar-refractivity contribution in [1.82, 2.24) is 10.2 Å². The molecule has 0 bridgehead atoms. The summed E-state index contributed by atoms with van der Waals surface area (Å²) in [4.78, 5) is 24.8. The molecule has 1 aliphatic rings. The van der Waals surface area contributed by atoms with Gasteiger partial charge in [0.1, 0.15) is 0 Å². The minimum atomic E-state index is -0.357. The second-order valence-electron chi connectivity index (χ2n) is 5.18. The monoisotopic (exact) mass is 328 g/mol. The number of nitrogens with zero attached hydrogens (tertiary/aromatic N) is 1. The highest BCUT2D eigenvalue weighted by Crippen LogP contribution is 2.29. The van der Waals surface area contributed by atoms with Crippen LogP contribution in [-0.4, -0.2) is 29.8 Å². The Morgan fingerprint density at radius 2 is 2.10 bits per heavy atom. The van der Waals surface area contributed by atoms with Crippen LogP contribution in [0, 0.1) is 0 Å². The number of carbonyl (C=O) groups is 2. The predicted octanol–water partition coefficient (Wildman–Crippen LogP) is 3.18. The molecule has 0 radical (unpaired) electrons. The number of hydrogen-bond acceptors (Lipinski definition) is 3. The number of imide groups is 1. The van der Waals surface area contributed by atoms with E-state index in [2.05, 4.69) is 5.32 Å². The summed E-state index contributed by atoms with van der Waals surface area (Å²) >= 11 is 12.1. The number of nitrogens with one attached hydrogen (secondary N) is 1. The fourth-order valence-corrected chi connectivity index (χ4v) is 3.06. The molecule has 2 rings (SSSR count). The molecule has 1 N–H and O–H groups in total. The Morgan fingerprint density at radius 3 is 2.71 bits per heavy atom. The second kappa shape index (κ2) is 6.77. The fourth-order valence-electron chi connectivity index (χ4n) is 2.52. The van der Waals surface area contributed by atoms with E-state index in [9.17, 15) is 9.59 Å². The van der Waals surface area contributed by atoms with Crippen molar-refractivity contribution in [2.45, 2.75) is 38.3 Å². The van der Waals surface area contributed by atoms with Gasteiger partial charge in [-0.2, -0.15) is 0 Å². The first kappa shape index (κ1) is 16.3. The molecule has 1 saturated heterocycles. The molecule has 1 aliphatic heterocycles. The maximum atomic E-state index is 12.1. The van der Waals surface area contributed by atoms with E-state index >= 15 is 0 Å². The lowest BCUT2D eigenvalue weighted by molar-refractivity contribution is -0.148. The first-order chi connectivity index (χ1) is 9.93. The molecule has 0 aliphatic carbocycles. The van der Waals surface area contributed by atoms with E-state index in [-0.39, 0.29) is 23.9 Å². The normalized spacial score (nSPS) is 20.8. The lowest BCUT2D eigenvalue weighted by atomic mass is 9.99. The lowest BCUT2D eigenvalue weighted by Crippen LogP contribution is -2.52. The molecule has 1 heterocycles. The molecule has 21 heavy (non-hydrogen) atoms. The summed E-state index contributed by atoms with van der Waals surface area (Å²) < 4.78 is 0. The van der Waals surface area contributed by atoms with Crippen molar-refractivity contribution in [3.63, 3.8) is 0 Å². The summed E-state index contributed by atoms with van der Waals surface area (Å²) in [5.74, 6) is -0.314. The van der Waals surface area contributed by atoms with Gasteiger partial charge in [0.05, 0.1) is 6.04 Å². The van der Waals surface area contributed by atoms with Gasteiger partial charge in [-0.15, -0.1) is 0 Å². The number of likely N-dealkylation sites (tertiary alicyclic amines) is 1. The van der Waals surface area contributed by atoms with Crippen LogP contribution in [0.4, 0.5) is 0 Å². The van der Waals surface area contributed by atoms with E-state index < -0.39 is 0 Å². The van der Waals surface area contributed by atoms with Crippen LogP contribution in [0.2, 0.25) is 10.0 Å². The number of likely N-dealkylation sites (N-methyl/N-ethyl adjacent to an activating group) is 1. The first-order valence-electron chi connectivity index (χ1n) is 6.95. The molecular formula is C15H18Cl2N2O2. The maximum Gasteiger partial charge on any atom is 0.246 e. The highest BCUT2D eigenvalue weighted by Gasteiger charge is 2.33. The minimum Gasteiger partial charge on any atom is -0.299 e. The lowest BCUT2D eigenvalue weighted by Gasteiger charge is -2.31. The topological polar surface area (TPSA) is 49.4 Å². The fraction of sp³-hybridized carbons (Fsp3) is 0.467. The number of carbonyl (C=O) groups excluding carboxylic acids is 2. The molecule has 2 amide bonds. The van der Waals surface area contributed by atoms with Crippen molar-refractivity contribution in [3.8, 4) is 0 Å². The third-order valence-corrected chi connectivity index (χ3v) is 4.36. The minimum absolute atomic E-state index is 0.0506. The van der Waals surface area contributed by atoms with Crippen LogP contribution < -0.4 is 5.32 Å². The summed E-state index contributed by atoms with van der Waals surface area (Å²) in [6, 6.07) is 4.94. The predicted molar refractivity (Wildman–Crippen MR) is 83.4 cm³/mol. The number of amides is 2. The van der Waals surface area contributed by atoms with Crippen molar-refractivity contribution in [2.75, 3.05) is 7.05 Å². The van der Waals surface area contributed by atoms with Crippen molar-refractivity contribution >= 4 is 35.0 Å². The molecule has 1 aromatic carbocycles. The third kappa shape index (κ3) is 3.57. The standard InChI is InChI=1S/C15H18Cl2N2O2/c1-3-12(10-5-4-9(16)8-11(10)17)18-13-6-7-14(20)19(2)15(13)21/h4-5,8,12-13,18H,3,6-7H2,1-2H3. The van der Waals surface area contributed by atoms with Crippen LogP contribution >= 0.6 is 23.2 Å². The molecular weight excluding hydrogens is 311 g/mol. The van der Waals surface area contributed by atoms with Crippen LogP contribution in [0.1, 0.15) is 37.8 Å². The Kier molecular flexibility index (Phi) is 5.25. The molecule has 6 heteroatoms. The average molecular weight is 329 g/mol. The van der Waals surface area contributed by atoms with E-state index in [1.165, 1.54) is 11.9 Å².